The van der Waals surface area contributed by atoms with Gasteiger partial charge in [-0.3, -0.25) is 14.4 Å². The molecular weight excluding hydrogens is 362 g/mol. The maximum absolute atomic E-state index is 12.0. The lowest BCUT2D eigenvalue weighted by Crippen LogP contribution is -2.25. The number of benzene rings is 1. The molecule has 1 aromatic heterocycles. The van der Waals surface area contributed by atoms with Crippen LogP contribution in [0.25, 0.3) is 0 Å². The summed E-state index contributed by atoms with van der Waals surface area (Å²) in [6.45, 7) is 4.43. The van der Waals surface area contributed by atoms with Crippen molar-refractivity contribution in [3.63, 3.8) is 0 Å². The van der Waals surface area contributed by atoms with E-state index in [-0.39, 0.29) is 17.7 Å². The van der Waals surface area contributed by atoms with Crippen molar-refractivity contribution in [1.82, 2.24) is 5.32 Å². The van der Waals surface area contributed by atoms with Gasteiger partial charge in [0.2, 0.25) is 11.8 Å². The largest absolute Gasteiger partial charge is 0.352 e. The van der Waals surface area contributed by atoms with E-state index in [4.69, 9.17) is 0 Å². The van der Waals surface area contributed by atoms with E-state index in [9.17, 15) is 14.4 Å². The SMILES string of the molecule is CC(C)CC(=O)Nc1ccc(NC(=O)CCCNC(=O)c2ccsc2)cc1. The molecule has 0 saturated carbocycles. The van der Waals surface area contributed by atoms with Gasteiger partial charge in [0, 0.05) is 41.7 Å². The van der Waals surface area contributed by atoms with Gasteiger partial charge in [0.05, 0.1) is 0 Å². The zero-order valence-corrected chi connectivity index (χ0v) is 16.4. The molecule has 3 N–H and O–H groups in total. The van der Waals surface area contributed by atoms with Crippen molar-refractivity contribution in [3.8, 4) is 0 Å². The molecule has 2 rings (SSSR count). The first-order valence-electron chi connectivity index (χ1n) is 8.94. The van der Waals surface area contributed by atoms with Crippen molar-refractivity contribution in [2.75, 3.05) is 17.2 Å². The summed E-state index contributed by atoms with van der Waals surface area (Å²) < 4.78 is 0. The summed E-state index contributed by atoms with van der Waals surface area (Å²) in [4.78, 5) is 35.5. The summed E-state index contributed by atoms with van der Waals surface area (Å²) in [5, 5.41) is 12.1. The number of nitrogens with one attached hydrogen (secondary N) is 3. The fourth-order valence-electron chi connectivity index (χ4n) is 2.39. The third-order valence-electron chi connectivity index (χ3n) is 3.70. The fraction of sp³-hybridized carbons (Fsp3) is 0.350. The molecule has 0 unspecified atom stereocenters. The number of rotatable bonds is 9. The lowest BCUT2D eigenvalue weighted by molar-refractivity contribution is -0.117. The molecule has 3 amide bonds. The van der Waals surface area contributed by atoms with Gasteiger partial charge in [-0.2, -0.15) is 11.3 Å². The highest BCUT2D eigenvalue weighted by Crippen LogP contribution is 2.15. The van der Waals surface area contributed by atoms with E-state index in [0.29, 0.717) is 48.7 Å². The Morgan fingerprint density at radius 1 is 0.963 bits per heavy atom. The average Bonchev–Trinajstić information content (AvgIpc) is 3.14. The van der Waals surface area contributed by atoms with Gasteiger partial charge in [-0.05, 0) is 48.1 Å². The third kappa shape index (κ3) is 7.62. The lowest BCUT2D eigenvalue weighted by atomic mass is 10.1. The Kier molecular flexibility index (Phi) is 8.00. The Balaban J connectivity index is 1.68. The summed E-state index contributed by atoms with van der Waals surface area (Å²) in [5.74, 6) is 0.0491. The predicted molar refractivity (Wildman–Crippen MR) is 109 cm³/mol. The Labute approximate surface area is 163 Å². The number of amides is 3. The van der Waals surface area contributed by atoms with Gasteiger partial charge in [-0.1, -0.05) is 13.8 Å². The topological polar surface area (TPSA) is 87.3 Å². The van der Waals surface area contributed by atoms with Crippen molar-refractivity contribution in [2.24, 2.45) is 5.92 Å². The molecule has 27 heavy (non-hydrogen) atoms. The van der Waals surface area contributed by atoms with Crippen molar-refractivity contribution in [1.29, 1.82) is 0 Å². The van der Waals surface area contributed by atoms with Crippen LogP contribution in [0.2, 0.25) is 0 Å². The number of hydrogen-bond acceptors (Lipinski definition) is 4. The van der Waals surface area contributed by atoms with Crippen LogP contribution < -0.4 is 16.0 Å². The maximum Gasteiger partial charge on any atom is 0.252 e. The van der Waals surface area contributed by atoms with E-state index in [0.717, 1.165) is 0 Å². The summed E-state index contributed by atoms with van der Waals surface area (Å²) in [6.07, 6.45) is 1.35. The van der Waals surface area contributed by atoms with Crippen LogP contribution in [0.3, 0.4) is 0 Å². The number of carbonyl (C=O) groups is 3. The minimum absolute atomic E-state index is 0.0220. The predicted octanol–water partition coefficient (Wildman–Crippen LogP) is 3.88. The van der Waals surface area contributed by atoms with Gasteiger partial charge < -0.3 is 16.0 Å². The Bertz CT molecular complexity index is 755. The second-order valence-electron chi connectivity index (χ2n) is 6.64. The van der Waals surface area contributed by atoms with Crippen LogP contribution in [-0.2, 0) is 9.59 Å². The number of hydrogen-bond donors (Lipinski definition) is 3. The summed E-state index contributed by atoms with van der Waals surface area (Å²) in [7, 11) is 0. The van der Waals surface area contributed by atoms with Gasteiger partial charge >= 0.3 is 0 Å². The minimum atomic E-state index is -0.119. The van der Waals surface area contributed by atoms with Crippen molar-refractivity contribution in [2.45, 2.75) is 33.1 Å². The summed E-state index contributed by atoms with van der Waals surface area (Å²) in [5.41, 5.74) is 2.02. The summed E-state index contributed by atoms with van der Waals surface area (Å²) in [6, 6.07) is 8.79. The highest BCUT2D eigenvalue weighted by Gasteiger charge is 2.07. The molecule has 2 aromatic rings. The van der Waals surface area contributed by atoms with Crippen LogP contribution in [0.15, 0.2) is 41.1 Å². The zero-order chi connectivity index (χ0) is 19.6. The van der Waals surface area contributed by atoms with Crippen LogP contribution in [0.4, 0.5) is 11.4 Å². The average molecular weight is 388 g/mol. The van der Waals surface area contributed by atoms with Crippen LogP contribution in [-0.4, -0.2) is 24.3 Å². The molecule has 0 radical (unpaired) electrons. The van der Waals surface area contributed by atoms with Crippen LogP contribution >= 0.6 is 11.3 Å². The molecule has 0 saturated heterocycles. The van der Waals surface area contributed by atoms with Crippen LogP contribution in [0.5, 0.6) is 0 Å². The Morgan fingerprint density at radius 2 is 1.59 bits per heavy atom. The first-order valence-corrected chi connectivity index (χ1v) is 9.88. The molecule has 0 aliphatic carbocycles. The maximum atomic E-state index is 12.0. The number of anilines is 2. The van der Waals surface area contributed by atoms with Gasteiger partial charge in [-0.25, -0.2) is 0 Å². The first kappa shape index (κ1) is 20.6. The van der Waals surface area contributed by atoms with Crippen molar-refractivity contribution < 1.29 is 14.4 Å². The molecule has 0 atom stereocenters. The van der Waals surface area contributed by atoms with E-state index in [1.54, 1.807) is 35.7 Å². The molecule has 1 heterocycles. The molecule has 7 heteroatoms. The molecule has 6 nitrogen and oxygen atoms in total. The normalized spacial score (nSPS) is 10.5. The van der Waals surface area contributed by atoms with E-state index in [2.05, 4.69) is 16.0 Å². The molecule has 0 fully saturated rings. The number of thiophene rings is 1. The van der Waals surface area contributed by atoms with Crippen molar-refractivity contribution >= 4 is 40.4 Å². The van der Waals surface area contributed by atoms with E-state index >= 15 is 0 Å². The molecular formula is C20H25N3O3S. The highest BCUT2D eigenvalue weighted by molar-refractivity contribution is 7.08. The number of carbonyl (C=O) groups excluding carboxylic acids is 3. The quantitative estimate of drug-likeness (QED) is 0.571. The molecule has 0 aliphatic heterocycles. The van der Waals surface area contributed by atoms with Gasteiger partial charge in [-0.15, -0.1) is 0 Å². The Hall–Kier alpha value is -2.67. The van der Waals surface area contributed by atoms with E-state index < -0.39 is 0 Å². The van der Waals surface area contributed by atoms with Crippen LogP contribution in [0, 0.1) is 5.92 Å². The second-order valence-corrected chi connectivity index (χ2v) is 7.42. The van der Waals surface area contributed by atoms with Gasteiger partial charge in [0.1, 0.15) is 0 Å². The fourth-order valence-corrected chi connectivity index (χ4v) is 3.03. The zero-order valence-electron chi connectivity index (χ0n) is 15.6. The second kappa shape index (κ2) is 10.5. The smallest absolute Gasteiger partial charge is 0.252 e. The third-order valence-corrected chi connectivity index (χ3v) is 4.38. The first-order chi connectivity index (χ1) is 12.9. The van der Waals surface area contributed by atoms with E-state index in [1.807, 2.05) is 19.2 Å². The molecule has 0 aliphatic rings. The molecule has 1 aromatic carbocycles. The standard InChI is InChI=1S/C20H25N3O3S/c1-14(2)12-19(25)23-17-7-5-16(6-8-17)22-18(24)4-3-10-21-20(26)15-9-11-27-13-15/h5-9,11,13-14H,3-4,10,12H2,1-2H3,(H,21,26)(H,22,24)(H,23,25). The monoisotopic (exact) mass is 387 g/mol. The highest BCUT2D eigenvalue weighted by atomic mass is 32.1. The van der Waals surface area contributed by atoms with Crippen molar-refractivity contribution in [3.05, 3.63) is 46.7 Å². The van der Waals surface area contributed by atoms with Gasteiger partial charge in [0.15, 0.2) is 0 Å². The molecule has 0 spiro atoms. The van der Waals surface area contributed by atoms with E-state index in [1.165, 1.54) is 11.3 Å². The molecule has 144 valence electrons. The lowest BCUT2D eigenvalue weighted by Gasteiger charge is -2.09. The molecule has 0 bridgehead atoms. The van der Waals surface area contributed by atoms with Gasteiger partial charge in [0.25, 0.3) is 5.91 Å². The minimum Gasteiger partial charge on any atom is -0.352 e. The summed E-state index contributed by atoms with van der Waals surface area (Å²) >= 11 is 1.47. The Morgan fingerprint density at radius 3 is 2.15 bits per heavy atom. The van der Waals surface area contributed by atoms with Crippen LogP contribution in [0.1, 0.15) is 43.5 Å².